The Labute approximate surface area is 139 Å². The van der Waals surface area contributed by atoms with Crippen molar-refractivity contribution in [3.63, 3.8) is 0 Å². The molecular weight excluding hydrogens is 321 g/mol. The van der Waals surface area contributed by atoms with E-state index in [1.54, 1.807) is 6.92 Å². The second-order valence-electron chi connectivity index (χ2n) is 5.14. The summed E-state index contributed by atoms with van der Waals surface area (Å²) >= 11 is 4.43. The van der Waals surface area contributed by atoms with Crippen LogP contribution in [0.25, 0.3) is 0 Å². The number of nitrogens with zero attached hydrogens (tertiary/aromatic N) is 3. The highest BCUT2D eigenvalue weighted by atomic mass is 32.1. The number of halogens is 1. The van der Waals surface area contributed by atoms with Crippen LogP contribution in [-0.2, 0) is 14.3 Å². The normalized spacial score (nSPS) is 18.3. The minimum absolute atomic E-state index is 0.113. The lowest BCUT2D eigenvalue weighted by molar-refractivity contribution is -0.136. The third-order valence-electron chi connectivity index (χ3n) is 3.21. The number of anilines is 1. The molecule has 0 aliphatic carbocycles. The maximum absolute atomic E-state index is 13.1. The van der Waals surface area contributed by atoms with E-state index >= 15 is 0 Å². The molecule has 0 saturated carbocycles. The lowest BCUT2D eigenvalue weighted by Crippen LogP contribution is -2.57. The molecule has 1 atom stereocenters. The first kappa shape index (κ1) is 17.3. The number of carbonyl (C=O) groups is 2. The van der Waals surface area contributed by atoms with Gasteiger partial charge in [0.2, 0.25) is 5.71 Å². The van der Waals surface area contributed by atoms with Gasteiger partial charge < -0.3 is 4.74 Å². The average molecular weight is 339 g/mol. The molecule has 1 aromatic carbocycles. The van der Waals surface area contributed by atoms with E-state index in [0.717, 1.165) is 0 Å². The SMILES string of the molecule is CCOC(=O)C1=NN(C(C)C)C(S)N(c2ccc(F)cc2)C1=O. The quantitative estimate of drug-likeness (QED) is 0.673. The Morgan fingerprint density at radius 1 is 1.39 bits per heavy atom. The molecule has 6 nitrogen and oxygen atoms in total. The van der Waals surface area contributed by atoms with Gasteiger partial charge in [0.25, 0.3) is 5.91 Å². The van der Waals surface area contributed by atoms with Gasteiger partial charge in [-0.25, -0.2) is 9.18 Å². The van der Waals surface area contributed by atoms with Crippen LogP contribution in [0.15, 0.2) is 29.4 Å². The zero-order valence-corrected chi connectivity index (χ0v) is 14.0. The molecule has 0 spiro atoms. The van der Waals surface area contributed by atoms with Gasteiger partial charge in [0.15, 0.2) is 5.50 Å². The molecule has 2 rings (SSSR count). The smallest absolute Gasteiger partial charge is 0.364 e. The Kier molecular flexibility index (Phi) is 5.25. The van der Waals surface area contributed by atoms with E-state index in [4.69, 9.17) is 4.74 Å². The highest BCUT2D eigenvalue weighted by Crippen LogP contribution is 2.27. The summed E-state index contributed by atoms with van der Waals surface area (Å²) in [5.74, 6) is -1.85. The Morgan fingerprint density at radius 2 is 2.00 bits per heavy atom. The number of hydrazone groups is 1. The molecule has 0 aromatic heterocycles. The van der Waals surface area contributed by atoms with Crippen molar-refractivity contribution in [3.8, 4) is 0 Å². The van der Waals surface area contributed by atoms with E-state index in [1.807, 2.05) is 13.8 Å². The van der Waals surface area contributed by atoms with Crippen LogP contribution in [0, 0.1) is 5.82 Å². The number of benzene rings is 1. The molecule has 8 heteroatoms. The van der Waals surface area contributed by atoms with Crippen molar-refractivity contribution >= 4 is 35.9 Å². The van der Waals surface area contributed by atoms with E-state index in [0.29, 0.717) is 5.69 Å². The number of rotatable bonds is 4. The van der Waals surface area contributed by atoms with Crippen LogP contribution < -0.4 is 4.90 Å². The molecule has 124 valence electrons. The maximum atomic E-state index is 13.1. The van der Waals surface area contributed by atoms with Gasteiger partial charge in [0.1, 0.15) is 5.82 Å². The molecule has 1 aliphatic heterocycles. The number of hydrogen-bond acceptors (Lipinski definition) is 6. The van der Waals surface area contributed by atoms with Crippen molar-refractivity contribution in [2.24, 2.45) is 5.10 Å². The van der Waals surface area contributed by atoms with Crippen LogP contribution >= 0.6 is 12.6 Å². The molecule has 0 N–H and O–H groups in total. The van der Waals surface area contributed by atoms with E-state index in [9.17, 15) is 14.0 Å². The number of carbonyl (C=O) groups excluding carboxylic acids is 2. The van der Waals surface area contributed by atoms with Crippen molar-refractivity contribution in [1.29, 1.82) is 0 Å². The Bertz CT molecular complexity index is 633. The van der Waals surface area contributed by atoms with Crippen molar-refractivity contribution in [2.45, 2.75) is 32.3 Å². The lowest BCUT2D eigenvalue weighted by atomic mass is 10.2. The van der Waals surface area contributed by atoms with Crippen LogP contribution in [-0.4, -0.2) is 40.7 Å². The Morgan fingerprint density at radius 3 is 2.52 bits per heavy atom. The Hall–Kier alpha value is -2.09. The standard InChI is InChI=1S/C15H18FN3O3S/c1-4-22-14(21)12-13(20)18(11-7-5-10(16)6-8-11)15(23)19(17-12)9(2)3/h5-9,15,23H,4H2,1-3H3. The van der Waals surface area contributed by atoms with Gasteiger partial charge in [-0.2, -0.15) is 5.10 Å². The van der Waals surface area contributed by atoms with Crippen molar-refractivity contribution in [1.82, 2.24) is 5.01 Å². The third-order valence-corrected chi connectivity index (χ3v) is 3.67. The third kappa shape index (κ3) is 3.47. The van der Waals surface area contributed by atoms with Crippen LogP contribution in [0.5, 0.6) is 0 Å². The van der Waals surface area contributed by atoms with E-state index in [2.05, 4.69) is 17.7 Å². The summed E-state index contributed by atoms with van der Waals surface area (Å²) < 4.78 is 18.0. The molecule has 1 unspecified atom stereocenters. The fraction of sp³-hybridized carbons (Fsp3) is 0.400. The van der Waals surface area contributed by atoms with E-state index in [1.165, 1.54) is 34.2 Å². The minimum atomic E-state index is -0.796. The molecule has 1 aromatic rings. The first-order valence-electron chi connectivity index (χ1n) is 7.18. The minimum Gasteiger partial charge on any atom is -0.461 e. The first-order chi connectivity index (χ1) is 10.9. The molecule has 0 radical (unpaired) electrons. The molecule has 23 heavy (non-hydrogen) atoms. The number of amides is 1. The number of esters is 1. The van der Waals surface area contributed by atoms with Crippen LogP contribution in [0.4, 0.5) is 10.1 Å². The number of hydrogen-bond donors (Lipinski definition) is 1. The van der Waals surface area contributed by atoms with Crippen molar-refractivity contribution in [2.75, 3.05) is 11.5 Å². The van der Waals surface area contributed by atoms with Crippen LogP contribution in [0.2, 0.25) is 0 Å². The Balaban J connectivity index is 2.46. The van der Waals surface area contributed by atoms with E-state index in [-0.39, 0.29) is 18.4 Å². The molecule has 1 heterocycles. The summed E-state index contributed by atoms with van der Waals surface area (Å²) in [4.78, 5) is 25.9. The molecule has 0 bridgehead atoms. The summed E-state index contributed by atoms with van der Waals surface area (Å²) in [6, 6.07) is 5.25. The largest absolute Gasteiger partial charge is 0.461 e. The average Bonchev–Trinajstić information content (AvgIpc) is 2.49. The van der Waals surface area contributed by atoms with Crippen molar-refractivity contribution < 1.29 is 18.7 Å². The van der Waals surface area contributed by atoms with Gasteiger partial charge in [0, 0.05) is 11.7 Å². The second kappa shape index (κ2) is 6.99. The summed E-state index contributed by atoms with van der Waals surface area (Å²) in [6.45, 7) is 5.49. The van der Waals surface area contributed by atoms with E-state index < -0.39 is 23.2 Å². The molecular formula is C15H18FN3O3S. The fourth-order valence-corrected chi connectivity index (χ4v) is 2.67. The molecule has 1 amide bonds. The maximum Gasteiger partial charge on any atom is 0.364 e. The number of thiol groups is 1. The van der Waals surface area contributed by atoms with Crippen molar-refractivity contribution in [3.05, 3.63) is 30.1 Å². The zero-order valence-electron chi connectivity index (χ0n) is 13.1. The fourth-order valence-electron chi connectivity index (χ4n) is 2.11. The van der Waals surface area contributed by atoms with Crippen LogP contribution in [0.3, 0.4) is 0 Å². The highest BCUT2D eigenvalue weighted by Gasteiger charge is 2.40. The summed E-state index contributed by atoms with van der Waals surface area (Å²) in [7, 11) is 0. The van der Waals surface area contributed by atoms with Gasteiger partial charge in [0.05, 0.1) is 6.61 Å². The van der Waals surface area contributed by atoms with Gasteiger partial charge >= 0.3 is 5.97 Å². The van der Waals surface area contributed by atoms with Gasteiger partial charge in [-0.05, 0) is 45.0 Å². The predicted molar refractivity (Wildman–Crippen MR) is 87.7 cm³/mol. The molecule has 0 saturated heterocycles. The first-order valence-corrected chi connectivity index (χ1v) is 7.69. The summed E-state index contributed by atoms with van der Waals surface area (Å²) in [5, 5.41) is 5.60. The summed E-state index contributed by atoms with van der Waals surface area (Å²) in [5.41, 5.74) is -0.625. The molecule has 0 fully saturated rings. The predicted octanol–water partition coefficient (Wildman–Crippen LogP) is 2.02. The molecule has 1 aliphatic rings. The second-order valence-corrected chi connectivity index (χ2v) is 5.60. The topological polar surface area (TPSA) is 62.2 Å². The van der Waals surface area contributed by atoms with Gasteiger partial charge in [-0.3, -0.25) is 14.7 Å². The van der Waals surface area contributed by atoms with Gasteiger partial charge in [-0.1, -0.05) is 0 Å². The zero-order chi connectivity index (χ0) is 17.1. The number of ether oxygens (including phenoxy) is 1. The summed E-state index contributed by atoms with van der Waals surface area (Å²) in [6.07, 6.45) is 0. The highest BCUT2D eigenvalue weighted by molar-refractivity contribution is 7.81. The van der Waals surface area contributed by atoms with Gasteiger partial charge in [-0.15, -0.1) is 12.6 Å². The monoisotopic (exact) mass is 339 g/mol. The van der Waals surface area contributed by atoms with Crippen LogP contribution in [0.1, 0.15) is 20.8 Å². The lowest BCUT2D eigenvalue weighted by Gasteiger charge is -2.40.